The molecule has 1 unspecified atom stereocenters. The lowest BCUT2D eigenvalue weighted by Gasteiger charge is -2.62. The summed E-state index contributed by atoms with van der Waals surface area (Å²) in [4.78, 5) is 0. The fraction of sp³-hybridized carbons (Fsp3) is 0.905. The maximum atomic E-state index is 15.1. The summed E-state index contributed by atoms with van der Waals surface area (Å²) in [5.41, 5.74) is 0.120. The minimum absolute atomic E-state index is 0.113. The Labute approximate surface area is 140 Å². The van der Waals surface area contributed by atoms with Crippen LogP contribution in [0.15, 0.2) is 12.7 Å². The van der Waals surface area contributed by atoms with Gasteiger partial charge in [-0.3, -0.25) is 0 Å². The Balaban J connectivity index is 1.71. The highest BCUT2D eigenvalue weighted by Crippen LogP contribution is 2.69. The van der Waals surface area contributed by atoms with E-state index in [2.05, 4.69) is 26.5 Å². The molecule has 0 bridgehead atoms. The van der Waals surface area contributed by atoms with Crippen LogP contribution in [-0.2, 0) is 0 Å². The van der Waals surface area contributed by atoms with E-state index in [1.54, 1.807) is 0 Å². The van der Waals surface area contributed by atoms with Gasteiger partial charge in [0.05, 0.1) is 0 Å². The highest BCUT2D eigenvalue weighted by atomic mass is 19.3. The molecule has 0 nitrogen and oxygen atoms in total. The summed E-state index contributed by atoms with van der Waals surface area (Å²) >= 11 is 0. The van der Waals surface area contributed by atoms with Crippen LogP contribution in [0, 0.1) is 40.4 Å². The van der Waals surface area contributed by atoms with Gasteiger partial charge in [-0.1, -0.05) is 32.8 Å². The topological polar surface area (TPSA) is 0 Å². The van der Waals surface area contributed by atoms with Gasteiger partial charge in [-0.05, 0) is 73.0 Å². The number of allylic oxidation sites excluding steroid dienone is 1. The fourth-order valence-electron chi connectivity index (χ4n) is 7.77. The van der Waals surface area contributed by atoms with Crippen molar-refractivity contribution in [1.82, 2.24) is 0 Å². The third-order valence-corrected chi connectivity index (χ3v) is 8.91. The summed E-state index contributed by atoms with van der Waals surface area (Å²) in [5.74, 6) is -0.984. The van der Waals surface area contributed by atoms with Crippen LogP contribution in [0.4, 0.5) is 8.78 Å². The molecule has 23 heavy (non-hydrogen) atoms. The van der Waals surface area contributed by atoms with Crippen molar-refractivity contribution in [3.05, 3.63) is 12.7 Å². The molecule has 0 heterocycles. The zero-order valence-corrected chi connectivity index (χ0v) is 14.8. The molecular formula is C21H32F2. The average Bonchev–Trinajstić information content (AvgIpc) is 2.83. The molecule has 0 aromatic heterocycles. The normalized spacial score (nSPS) is 54.7. The Hall–Kier alpha value is -0.400. The first-order valence-corrected chi connectivity index (χ1v) is 9.83. The van der Waals surface area contributed by atoms with Crippen molar-refractivity contribution in [1.29, 1.82) is 0 Å². The highest BCUT2D eigenvalue weighted by molar-refractivity contribution is 5.13. The summed E-state index contributed by atoms with van der Waals surface area (Å²) in [5, 5.41) is 0. The molecule has 4 aliphatic carbocycles. The molecule has 0 saturated heterocycles. The molecular weight excluding hydrogens is 290 g/mol. The number of rotatable bonds is 1. The Kier molecular flexibility index (Phi) is 3.53. The van der Waals surface area contributed by atoms with Crippen LogP contribution in [-0.4, -0.2) is 5.92 Å². The molecule has 130 valence electrons. The Morgan fingerprint density at radius 1 is 0.913 bits per heavy atom. The molecule has 4 aliphatic rings. The molecule has 7 atom stereocenters. The van der Waals surface area contributed by atoms with Crippen LogP contribution in [0.5, 0.6) is 0 Å². The molecule has 0 radical (unpaired) electrons. The van der Waals surface area contributed by atoms with Crippen LogP contribution < -0.4 is 0 Å². The van der Waals surface area contributed by atoms with Gasteiger partial charge in [-0.25, -0.2) is 8.78 Å². The largest absolute Gasteiger partial charge is 0.251 e. The zero-order chi connectivity index (χ0) is 16.5. The molecule has 4 rings (SSSR count). The molecule has 4 saturated carbocycles. The average molecular weight is 322 g/mol. The van der Waals surface area contributed by atoms with E-state index in [-0.39, 0.29) is 29.1 Å². The molecule has 4 fully saturated rings. The van der Waals surface area contributed by atoms with E-state index < -0.39 is 5.92 Å². The van der Waals surface area contributed by atoms with Gasteiger partial charge in [-0.2, -0.15) is 0 Å². The maximum absolute atomic E-state index is 15.1. The second kappa shape index (κ2) is 5.05. The molecule has 0 spiro atoms. The molecule has 0 aliphatic heterocycles. The Morgan fingerprint density at radius 3 is 2.39 bits per heavy atom. The molecule has 0 N–H and O–H groups in total. The highest BCUT2D eigenvalue weighted by Gasteiger charge is 2.65. The number of fused-ring (bicyclic) bond motifs is 5. The molecule has 0 amide bonds. The Bertz CT molecular complexity index is 498. The summed E-state index contributed by atoms with van der Waals surface area (Å²) in [6.07, 6.45) is 10.9. The first-order valence-electron chi connectivity index (χ1n) is 9.83. The smallest absolute Gasteiger partial charge is 0.207 e. The first-order chi connectivity index (χ1) is 10.8. The summed E-state index contributed by atoms with van der Waals surface area (Å²) in [6, 6.07) is 0. The van der Waals surface area contributed by atoms with Gasteiger partial charge < -0.3 is 0 Å². The van der Waals surface area contributed by atoms with Crippen LogP contribution in [0.3, 0.4) is 0 Å². The summed E-state index contributed by atoms with van der Waals surface area (Å²) < 4.78 is 30.2. The van der Waals surface area contributed by atoms with Crippen molar-refractivity contribution in [2.24, 2.45) is 40.4 Å². The second-order valence-electron chi connectivity index (χ2n) is 9.61. The monoisotopic (exact) mass is 322 g/mol. The predicted molar refractivity (Wildman–Crippen MR) is 90.4 cm³/mol. The van der Waals surface area contributed by atoms with Crippen molar-refractivity contribution < 1.29 is 8.78 Å². The van der Waals surface area contributed by atoms with Gasteiger partial charge in [0.25, 0.3) is 5.92 Å². The van der Waals surface area contributed by atoms with E-state index in [9.17, 15) is 0 Å². The van der Waals surface area contributed by atoms with Crippen LogP contribution in [0.2, 0.25) is 0 Å². The van der Waals surface area contributed by atoms with Gasteiger partial charge in [0.2, 0.25) is 0 Å². The van der Waals surface area contributed by atoms with E-state index >= 15 is 8.78 Å². The van der Waals surface area contributed by atoms with Gasteiger partial charge in [0.1, 0.15) is 0 Å². The van der Waals surface area contributed by atoms with Gasteiger partial charge in [0.15, 0.2) is 0 Å². The molecule has 0 aromatic rings. The van der Waals surface area contributed by atoms with E-state index in [1.165, 1.54) is 19.3 Å². The van der Waals surface area contributed by atoms with Crippen LogP contribution in [0.1, 0.15) is 71.6 Å². The van der Waals surface area contributed by atoms with Crippen molar-refractivity contribution in [2.45, 2.75) is 77.6 Å². The number of alkyl halides is 2. The lowest BCUT2D eigenvalue weighted by Crippen LogP contribution is -2.59. The second-order valence-corrected chi connectivity index (χ2v) is 9.61. The standard InChI is InChI=1S/C21H32F2/c1-4-14-8-9-16-15-13-21(22,23)18-7-5-6-11-20(18,3)17(15)10-12-19(14,16)2/h4,14-18H,1,5-13H2,2-3H3/t14-,15-,16-,17-,18?,19+,20+/m0/s1. The minimum atomic E-state index is -2.44. The Morgan fingerprint density at radius 2 is 1.65 bits per heavy atom. The maximum Gasteiger partial charge on any atom is 0.251 e. The van der Waals surface area contributed by atoms with Crippen molar-refractivity contribution in [3.63, 3.8) is 0 Å². The summed E-state index contributed by atoms with van der Waals surface area (Å²) in [7, 11) is 0. The van der Waals surface area contributed by atoms with Crippen molar-refractivity contribution >= 4 is 0 Å². The van der Waals surface area contributed by atoms with E-state index in [0.29, 0.717) is 17.8 Å². The molecule has 0 aromatic carbocycles. The van der Waals surface area contributed by atoms with Gasteiger partial charge in [-0.15, -0.1) is 6.58 Å². The SMILES string of the molecule is C=C[C@H]1CC[C@H]2[C@@H]3CC(F)(F)C4CCCC[C@]4(C)[C@H]3CC[C@]12C. The predicted octanol–water partition coefficient (Wildman–Crippen LogP) is 6.47. The van der Waals surface area contributed by atoms with Gasteiger partial charge >= 0.3 is 0 Å². The van der Waals surface area contributed by atoms with Crippen molar-refractivity contribution in [3.8, 4) is 0 Å². The third-order valence-electron chi connectivity index (χ3n) is 8.91. The zero-order valence-electron chi connectivity index (χ0n) is 14.8. The number of hydrogen-bond donors (Lipinski definition) is 0. The third kappa shape index (κ3) is 2.05. The number of halogens is 2. The van der Waals surface area contributed by atoms with Crippen LogP contribution >= 0.6 is 0 Å². The number of hydrogen-bond acceptors (Lipinski definition) is 0. The quantitative estimate of drug-likeness (QED) is 0.485. The first kappa shape index (κ1) is 16.1. The van der Waals surface area contributed by atoms with E-state index in [1.807, 2.05) is 0 Å². The van der Waals surface area contributed by atoms with Crippen molar-refractivity contribution in [2.75, 3.05) is 0 Å². The lowest BCUT2D eigenvalue weighted by molar-refractivity contribution is -0.224. The van der Waals surface area contributed by atoms with E-state index in [0.717, 1.165) is 32.1 Å². The lowest BCUT2D eigenvalue weighted by atomic mass is 9.44. The van der Waals surface area contributed by atoms with Gasteiger partial charge in [0, 0.05) is 12.3 Å². The fourth-order valence-corrected chi connectivity index (χ4v) is 7.77. The minimum Gasteiger partial charge on any atom is -0.207 e. The van der Waals surface area contributed by atoms with Crippen LogP contribution in [0.25, 0.3) is 0 Å². The van der Waals surface area contributed by atoms with E-state index in [4.69, 9.17) is 0 Å². The molecule has 2 heteroatoms. The summed E-state index contributed by atoms with van der Waals surface area (Å²) in [6.45, 7) is 8.64.